The standard InChI is InChI=1S/C47H29N5/c48-30-31-18-20-34(21-19-31)47-49-41(32-10-2-1-3-11-32)29-42(50-47)33-22-24-35(25-23-33)51-45-17-9-6-14-39(45)40-28-36(26-27-46(40)51)52-43-15-7-4-12-37(43)38-13-5-8-16-44(38)52/h1-29H. The average Bonchev–Trinajstić information content (AvgIpc) is 3.74. The highest BCUT2D eigenvalue weighted by molar-refractivity contribution is 6.12. The van der Waals surface area contributed by atoms with Crippen molar-refractivity contribution in [2.45, 2.75) is 0 Å². The molecule has 0 amide bonds. The Kier molecular flexibility index (Phi) is 6.80. The fraction of sp³-hybridized carbons (Fsp3) is 0. The largest absolute Gasteiger partial charge is 0.309 e. The van der Waals surface area contributed by atoms with Crippen LogP contribution in [0.25, 0.3) is 88.9 Å². The van der Waals surface area contributed by atoms with Gasteiger partial charge in [0, 0.05) is 49.6 Å². The van der Waals surface area contributed by atoms with E-state index in [0.717, 1.165) is 50.5 Å². The lowest BCUT2D eigenvalue weighted by molar-refractivity contribution is 1.16. The number of fused-ring (bicyclic) bond motifs is 6. The summed E-state index contributed by atoms with van der Waals surface area (Å²) in [6.07, 6.45) is 0. The number of rotatable bonds is 5. The van der Waals surface area contributed by atoms with Crippen LogP contribution in [0.5, 0.6) is 0 Å². The van der Waals surface area contributed by atoms with E-state index in [0.29, 0.717) is 11.4 Å². The van der Waals surface area contributed by atoms with E-state index in [9.17, 15) is 5.26 Å². The minimum Gasteiger partial charge on any atom is -0.309 e. The maximum absolute atomic E-state index is 9.33. The summed E-state index contributed by atoms with van der Waals surface area (Å²) in [5, 5.41) is 14.2. The zero-order chi connectivity index (χ0) is 34.6. The number of nitriles is 1. The van der Waals surface area contributed by atoms with E-state index in [1.165, 1.54) is 32.6 Å². The molecule has 3 heterocycles. The molecule has 0 aliphatic heterocycles. The Hall–Kier alpha value is -7.29. The molecule has 0 saturated heterocycles. The van der Waals surface area contributed by atoms with Crippen LogP contribution in [0, 0.1) is 11.3 Å². The first-order valence-corrected chi connectivity index (χ1v) is 17.3. The molecule has 0 radical (unpaired) electrons. The van der Waals surface area contributed by atoms with E-state index in [2.05, 4.69) is 143 Å². The second kappa shape index (κ2) is 11.9. The smallest absolute Gasteiger partial charge is 0.160 e. The first-order valence-electron chi connectivity index (χ1n) is 17.3. The molecule has 7 aromatic carbocycles. The lowest BCUT2D eigenvalue weighted by Crippen LogP contribution is -1.97. The summed E-state index contributed by atoms with van der Waals surface area (Å²) in [5.41, 5.74) is 12.1. The second-order valence-corrected chi connectivity index (χ2v) is 13.0. The lowest BCUT2D eigenvalue weighted by Gasteiger charge is -2.12. The molecule has 0 unspecified atom stereocenters. The van der Waals surface area contributed by atoms with E-state index in [1.54, 1.807) is 12.1 Å². The topological polar surface area (TPSA) is 59.4 Å². The van der Waals surface area contributed by atoms with Crippen molar-refractivity contribution in [1.82, 2.24) is 19.1 Å². The molecule has 0 saturated carbocycles. The molecule has 10 rings (SSSR count). The zero-order valence-electron chi connectivity index (χ0n) is 28.0. The molecule has 0 bridgehead atoms. The van der Waals surface area contributed by atoms with Gasteiger partial charge in [0.15, 0.2) is 5.82 Å². The van der Waals surface area contributed by atoms with Crippen molar-refractivity contribution in [3.05, 3.63) is 181 Å². The van der Waals surface area contributed by atoms with Gasteiger partial charge in [-0.1, -0.05) is 97.1 Å². The number of hydrogen-bond donors (Lipinski definition) is 0. The molecule has 10 aromatic rings. The van der Waals surface area contributed by atoms with E-state index in [1.807, 2.05) is 36.4 Å². The van der Waals surface area contributed by atoms with Crippen LogP contribution in [0.2, 0.25) is 0 Å². The fourth-order valence-corrected chi connectivity index (χ4v) is 7.53. The van der Waals surface area contributed by atoms with Gasteiger partial charge in [-0.25, -0.2) is 9.97 Å². The monoisotopic (exact) mass is 663 g/mol. The molecule has 242 valence electrons. The van der Waals surface area contributed by atoms with Crippen molar-refractivity contribution in [2.24, 2.45) is 0 Å². The van der Waals surface area contributed by atoms with Gasteiger partial charge in [0.2, 0.25) is 0 Å². The van der Waals surface area contributed by atoms with Crippen LogP contribution in [-0.2, 0) is 0 Å². The third-order valence-corrected chi connectivity index (χ3v) is 9.98. The SMILES string of the molecule is N#Cc1ccc(-c2nc(-c3ccccc3)cc(-c3ccc(-n4c5ccccc5c5cc(-n6c7ccccc7c7ccccc76)ccc54)cc3)n2)cc1. The Morgan fingerprint density at radius 3 is 1.44 bits per heavy atom. The Bertz CT molecular complexity index is 2950. The Labute approximate surface area is 299 Å². The highest BCUT2D eigenvalue weighted by atomic mass is 15.0. The van der Waals surface area contributed by atoms with E-state index in [-0.39, 0.29) is 0 Å². The maximum atomic E-state index is 9.33. The summed E-state index contributed by atoms with van der Waals surface area (Å²) >= 11 is 0. The maximum Gasteiger partial charge on any atom is 0.160 e. The first-order chi connectivity index (χ1) is 25.7. The van der Waals surface area contributed by atoms with Crippen molar-refractivity contribution in [3.63, 3.8) is 0 Å². The number of hydrogen-bond acceptors (Lipinski definition) is 3. The Balaban J connectivity index is 1.10. The van der Waals surface area contributed by atoms with E-state index >= 15 is 0 Å². The predicted octanol–water partition coefficient (Wildman–Crippen LogP) is 11.5. The molecule has 0 N–H and O–H groups in total. The second-order valence-electron chi connectivity index (χ2n) is 13.0. The molecule has 52 heavy (non-hydrogen) atoms. The Morgan fingerprint density at radius 1 is 0.385 bits per heavy atom. The third kappa shape index (κ3) is 4.78. The zero-order valence-corrected chi connectivity index (χ0v) is 28.0. The third-order valence-electron chi connectivity index (χ3n) is 9.98. The van der Waals surface area contributed by atoms with Crippen LogP contribution in [0.4, 0.5) is 0 Å². The van der Waals surface area contributed by atoms with E-state index in [4.69, 9.17) is 9.97 Å². The van der Waals surface area contributed by atoms with Crippen LogP contribution in [0.3, 0.4) is 0 Å². The van der Waals surface area contributed by atoms with Crippen molar-refractivity contribution >= 4 is 43.6 Å². The molecule has 0 atom stereocenters. The first kappa shape index (κ1) is 29.6. The predicted molar refractivity (Wildman–Crippen MR) is 212 cm³/mol. The summed E-state index contributed by atoms with van der Waals surface area (Å²) in [6.45, 7) is 0. The fourth-order valence-electron chi connectivity index (χ4n) is 7.53. The number of aromatic nitrogens is 4. The highest BCUT2D eigenvalue weighted by Crippen LogP contribution is 2.37. The normalized spacial score (nSPS) is 11.4. The average molecular weight is 664 g/mol. The molecule has 0 aliphatic carbocycles. The van der Waals surface area contributed by atoms with Gasteiger partial charge in [0.05, 0.1) is 45.1 Å². The summed E-state index contributed by atoms with van der Waals surface area (Å²) in [6, 6.07) is 63.2. The van der Waals surface area contributed by atoms with Gasteiger partial charge in [-0.05, 0) is 78.9 Å². The summed E-state index contributed by atoms with van der Waals surface area (Å²) < 4.78 is 4.73. The van der Waals surface area contributed by atoms with Crippen LogP contribution in [0.15, 0.2) is 176 Å². The summed E-state index contributed by atoms with van der Waals surface area (Å²) in [7, 11) is 0. The summed E-state index contributed by atoms with van der Waals surface area (Å²) in [4.78, 5) is 9.96. The summed E-state index contributed by atoms with van der Waals surface area (Å²) in [5.74, 6) is 0.617. The molecular formula is C47H29N5. The number of para-hydroxylation sites is 3. The molecule has 0 aliphatic rings. The minimum atomic E-state index is 0.603. The lowest BCUT2D eigenvalue weighted by atomic mass is 10.1. The van der Waals surface area contributed by atoms with Crippen molar-refractivity contribution in [1.29, 1.82) is 5.26 Å². The van der Waals surface area contributed by atoms with Crippen LogP contribution in [0.1, 0.15) is 5.56 Å². The highest BCUT2D eigenvalue weighted by Gasteiger charge is 2.17. The Morgan fingerprint density at radius 2 is 0.846 bits per heavy atom. The van der Waals surface area contributed by atoms with Crippen molar-refractivity contribution in [2.75, 3.05) is 0 Å². The molecule has 5 nitrogen and oxygen atoms in total. The minimum absolute atomic E-state index is 0.603. The van der Waals surface area contributed by atoms with Gasteiger partial charge < -0.3 is 9.13 Å². The molecule has 0 fully saturated rings. The quantitative estimate of drug-likeness (QED) is 0.184. The van der Waals surface area contributed by atoms with Gasteiger partial charge in [-0.2, -0.15) is 5.26 Å². The van der Waals surface area contributed by atoms with Gasteiger partial charge in [-0.15, -0.1) is 0 Å². The van der Waals surface area contributed by atoms with E-state index < -0.39 is 0 Å². The van der Waals surface area contributed by atoms with Crippen LogP contribution < -0.4 is 0 Å². The van der Waals surface area contributed by atoms with Crippen molar-refractivity contribution in [3.8, 4) is 51.3 Å². The van der Waals surface area contributed by atoms with Gasteiger partial charge in [0.1, 0.15) is 0 Å². The number of benzene rings is 7. The molecule has 5 heteroatoms. The van der Waals surface area contributed by atoms with Gasteiger partial charge in [0.25, 0.3) is 0 Å². The van der Waals surface area contributed by atoms with Crippen molar-refractivity contribution < 1.29 is 0 Å². The molecule has 3 aromatic heterocycles. The molecule has 0 spiro atoms. The molecular weight excluding hydrogens is 635 g/mol. The van der Waals surface area contributed by atoms with Gasteiger partial charge >= 0.3 is 0 Å². The number of nitrogens with zero attached hydrogens (tertiary/aromatic N) is 5. The van der Waals surface area contributed by atoms with Crippen LogP contribution >= 0.6 is 0 Å². The van der Waals surface area contributed by atoms with Gasteiger partial charge in [-0.3, -0.25) is 0 Å². The van der Waals surface area contributed by atoms with Crippen LogP contribution in [-0.4, -0.2) is 19.1 Å².